The number of ether oxygens (including phenoxy) is 2. The van der Waals surface area contributed by atoms with Gasteiger partial charge in [0.25, 0.3) is 0 Å². The third-order valence-electron chi connectivity index (χ3n) is 6.42. The number of carbonyl (C=O) groups is 3. The van der Waals surface area contributed by atoms with Crippen molar-refractivity contribution in [3.63, 3.8) is 0 Å². The van der Waals surface area contributed by atoms with Crippen LogP contribution in [0.1, 0.15) is 49.7 Å². The van der Waals surface area contributed by atoms with Gasteiger partial charge in [0.15, 0.2) is 6.10 Å². The van der Waals surface area contributed by atoms with Gasteiger partial charge in [0.05, 0.1) is 6.04 Å². The summed E-state index contributed by atoms with van der Waals surface area (Å²) in [6, 6.07) is 15.3. The van der Waals surface area contributed by atoms with Crippen LogP contribution in [0.15, 0.2) is 48.5 Å². The fraction of sp³-hybridized carbons (Fsp3) is 0.423. The van der Waals surface area contributed by atoms with Crippen molar-refractivity contribution in [2.45, 2.75) is 56.7 Å². The number of carboxylic acids is 1. The van der Waals surface area contributed by atoms with E-state index in [4.69, 9.17) is 9.47 Å². The Morgan fingerprint density at radius 1 is 1.09 bits per heavy atom. The molecule has 3 N–H and O–H groups in total. The van der Waals surface area contributed by atoms with Crippen molar-refractivity contribution >= 4 is 18.0 Å². The summed E-state index contributed by atoms with van der Waals surface area (Å²) in [6.07, 6.45) is 0.249. The fourth-order valence-corrected chi connectivity index (χ4v) is 4.85. The lowest BCUT2D eigenvalue weighted by atomic mass is 9.98. The zero-order chi connectivity index (χ0) is 24.1. The summed E-state index contributed by atoms with van der Waals surface area (Å²) in [6.45, 7) is 2.46. The van der Waals surface area contributed by atoms with Crippen molar-refractivity contribution in [3.8, 4) is 11.1 Å². The molecular weight excluding hydrogens is 436 g/mol. The number of carboxylic acid groups (broad SMARTS) is 1. The highest BCUT2D eigenvalue weighted by molar-refractivity contribution is 5.81. The molecule has 2 aromatic rings. The summed E-state index contributed by atoms with van der Waals surface area (Å²) in [5, 5.41) is 14.7. The first-order valence-corrected chi connectivity index (χ1v) is 11.7. The Hall–Kier alpha value is -3.39. The fourth-order valence-electron chi connectivity index (χ4n) is 4.85. The molecule has 0 radical (unpaired) electrons. The molecule has 4 rings (SSSR count). The molecule has 2 aliphatic rings. The van der Waals surface area contributed by atoms with Gasteiger partial charge >= 0.3 is 12.1 Å². The molecule has 2 aromatic carbocycles. The number of benzene rings is 2. The lowest BCUT2D eigenvalue weighted by molar-refractivity contribution is -0.148. The van der Waals surface area contributed by atoms with Gasteiger partial charge < -0.3 is 25.2 Å². The first-order valence-electron chi connectivity index (χ1n) is 11.7. The maximum Gasteiger partial charge on any atom is 0.407 e. The Kier molecular flexibility index (Phi) is 7.47. The van der Waals surface area contributed by atoms with Gasteiger partial charge in [-0.1, -0.05) is 61.9 Å². The minimum Gasteiger partial charge on any atom is -0.479 e. The molecule has 8 heteroatoms. The molecule has 1 fully saturated rings. The van der Waals surface area contributed by atoms with Crippen LogP contribution in [0.4, 0.5) is 4.79 Å². The molecule has 0 saturated carbocycles. The second-order valence-electron chi connectivity index (χ2n) is 8.75. The monoisotopic (exact) mass is 466 g/mol. The van der Waals surface area contributed by atoms with Crippen LogP contribution in [0.5, 0.6) is 0 Å². The number of fused-ring (bicyclic) bond motifs is 3. The summed E-state index contributed by atoms with van der Waals surface area (Å²) >= 11 is 0. The van der Waals surface area contributed by atoms with Gasteiger partial charge in [0, 0.05) is 25.0 Å². The van der Waals surface area contributed by atoms with Gasteiger partial charge in [0.1, 0.15) is 6.61 Å². The minimum atomic E-state index is -1.09. The standard InChI is InChI=1S/C26H30N2O6/c1-2-7-16(14-23(29)28-22-12-13-33-24(22)25(30)31)27-26(32)34-15-21-19-10-5-3-8-17(19)18-9-4-6-11-20(18)21/h3-6,8-11,16,21-22,24H,2,7,12-15H2,1H3,(H,27,32)(H,28,29)(H,30,31)/t16-,22?,24?/m1/s1. The molecule has 2 amide bonds. The van der Waals surface area contributed by atoms with Gasteiger partial charge in [-0.2, -0.15) is 0 Å². The van der Waals surface area contributed by atoms with Crippen molar-refractivity contribution in [2.75, 3.05) is 13.2 Å². The zero-order valence-corrected chi connectivity index (χ0v) is 19.2. The first-order chi connectivity index (χ1) is 16.5. The summed E-state index contributed by atoms with van der Waals surface area (Å²) in [5.41, 5.74) is 4.58. The normalized spacial score (nSPS) is 19.7. The summed E-state index contributed by atoms with van der Waals surface area (Å²) in [7, 11) is 0. The van der Waals surface area contributed by atoms with E-state index < -0.39 is 30.3 Å². The molecule has 0 aromatic heterocycles. The molecule has 0 bridgehead atoms. The molecule has 2 unspecified atom stereocenters. The molecule has 1 aliphatic heterocycles. The molecule has 34 heavy (non-hydrogen) atoms. The highest BCUT2D eigenvalue weighted by Crippen LogP contribution is 2.44. The Morgan fingerprint density at radius 3 is 2.35 bits per heavy atom. The van der Waals surface area contributed by atoms with Crippen LogP contribution in [0.2, 0.25) is 0 Å². The molecule has 1 saturated heterocycles. The maximum atomic E-state index is 12.6. The van der Waals surface area contributed by atoms with Crippen LogP contribution >= 0.6 is 0 Å². The summed E-state index contributed by atoms with van der Waals surface area (Å²) < 4.78 is 10.8. The lowest BCUT2D eigenvalue weighted by Crippen LogP contribution is -2.46. The van der Waals surface area contributed by atoms with E-state index in [0.29, 0.717) is 12.8 Å². The van der Waals surface area contributed by atoms with E-state index >= 15 is 0 Å². The Morgan fingerprint density at radius 2 is 1.74 bits per heavy atom. The number of aliphatic carboxylic acids is 1. The van der Waals surface area contributed by atoms with E-state index in [9.17, 15) is 19.5 Å². The van der Waals surface area contributed by atoms with Crippen molar-refractivity contribution in [1.82, 2.24) is 10.6 Å². The number of hydrogen-bond acceptors (Lipinski definition) is 5. The van der Waals surface area contributed by atoms with E-state index in [1.807, 2.05) is 31.2 Å². The van der Waals surface area contributed by atoms with Gasteiger partial charge in [-0.25, -0.2) is 9.59 Å². The SMILES string of the molecule is CCC[C@H](CC(=O)NC1CCOC1C(=O)O)NC(=O)OCC1c2ccccc2-c2ccccc21. The number of alkyl carbamates (subject to hydrolysis) is 1. The Balaban J connectivity index is 1.33. The average molecular weight is 467 g/mol. The predicted octanol–water partition coefficient (Wildman–Crippen LogP) is 3.44. The molecule has 0 spiro atoms. The number of carbonyl (C=O) groups excluding carboxylic acids is 2. The van der Waals surface area contributed by atoms with Crippen molar-refractivity contribution in [2.24, 2.45) is 0 Å². The smallest absolute Gasteiger partial charge is 0.407 e. The number of hydrogen-bond donors (Lipinski definition) is 3. The van der Waals surface area contributed by atoms with Crippen LogP contribution in [-0.2, 0) is 19.1 Å². The van der Waals surface area contributed by atoms with Crippen LogP contribution in [-0.4, -0.2) is 54.5 Å². The largest absolute Gasteiger partial charge is 0.479 e. The quantitative estimate of drug-likeness (QED) is 0.522. The van der Waals surface area contributed by atoms with E-state index in [-0.39, 0.29) is 31.5 Å². The minimum absolute atomic E-state index is 0.0404. The van der Waals surface area contributed by atoms with Gasteiger partial charge in [-0.15, -0.1) is 0 Å². The maximum absolute atomic E-state index is 12.6. The molecule has 1 heterocycles. The molecule has 3 atom stereocenters. The molecular formula is C26H30N2O6. The van der Waals surface area contributed by atoms with E-state index in [0.717, 1.165) is 28.7 Å². The van der Waals surface area contributed by atoms with E-state index in [1.54, 1.807) is 0 Å². The predicted molar refractivity (Wildman–Crippen MR) is 125 cm³/mol. The van der Waals surface area contributed by atoms with Gasteiger partial charge in [0.2, 0.25) is 5.91 Å². The topological polar surface area (TPSA) is 114 Å². The number of rotatable bonds is 9. The Labute approximate surface area is 198 Å². The lowest BCUT2D eigenvalue weighted by Gasteiger charge is -2.21. The van der Waals surface area contributed by atoms with Crippen LogP contribution in [0.25, 0.3) is 11.1 Å². The molecule has 8 nitrogen and oxygen atoms in total. The second kappa shape index (κ2) is 10.7. The molecule has 180 valence electrons. The summed E-state index contributed by atoms with van der Waals surface area (Å²) in [4.78, 5) is 36.4. The highest BCUT2D eigenvalue weighted by Gasteiger charge is 2.35. The van der Waals surface area contributed by atoms with E-state index in [2.05, 4.69) is 34.9 Å². The van der Waals surface area contributed by atoms with Gasteiger partial charge in [-0.05, 0) is 35.1 Å². The van der Waals surface area contributed by atoms with Crippen LogP contribution < -0.4 is 10.6 Å². The highest BCUT2D eigenvalue weighted by atomic mass is 16.5. The summed E-state index contributed by atoms with van der Waals surface area (Å²) in [5.74, 6) is -1.45. The zero-order valence-electron chi connectivity index (χ0n) is 19.2. The third-order valence-corrected chi connectivity index (χ3v) is 6.42. The van der Waals surface area contributed by atoms with Crippen LogP contribution in [0.3, 0.4) is 0 Å². The van der Waals surface area contributed by atoms with Crippen molar-refractivity contribution < 1.29 is 29.0 Å². The van der Waals surface area contributed by atoms with Crippen molar-refractivity contribution in [3.05, 3.63) is 59.7 Å². The average Bonchev–Trinajstić information content (AvgIpc) is 3.40. The number of amides is 2. The Bertz CT molecular complexity index is 1010. The third kappa shape index (κ3) is 5.22. The first kappa shape index (κ1) is 23.8. The van der Waals surface area contributed by atoms with Gasteiger partial charge in [-0.3, -0.25) is 4.79 Å². The number of nitrogens with one attached hydrogen (secondary N) is 2. The molecule has 1 aliphatic carbocycles. The second-order valence-corrected chi connectivity index (χ2v) is 8.75. The van der Waals surface area contributed by atoms with Crippen LogP contribution in [0, 0.1) is 0 Å². The van der Waals surface area contributed by atoms with E-state index in [1.165, 1.54) is 0 Å². The van der Waals surface area contributed by atoms with Crippen molar-refractivity contribution in [1.29, 1.82) is 0 Å².